The van der Waals surface area contributed by atoms with Gasteiger partial charge in [0.15, 0.2) is 5.13 Å². The van der Waals surface area contributed by atoms with Gasteiger partial charge in [-0.15, -0.1) is 11.3 Å². The van der Waals surface area contributed by atoms with Crippen LogP contribution in [0.25, 0.3) is 11.3 Å². The minimum atomic E-state index is -0.0729. The highest BCUT2D eigenvalue weighted by Crippen LogP contribution is 2.28. The molecule has 24 heavy (non-hydrogen) atoms. The SMILES string of the molecule is CC(=O)Nc1ccc(-c2csc(Nc3ccc(C)c(C)c3)n2)cc1. The first-order valence-corrected chi connectivity index (χ1v) is 8.57. The highest BCUT2D eigenvalue weighted by molar-refractivity contribution is 7.14. The van der Waals surface area contributed by atoms with E-state index in [9.17, 15) is 4.79 Å². The molecular weight excluding hydrogens is 318 g/mol. The van der Waals surface area contributed by atoms with E-state index in [0.29, 0.717) is 0 Å². The third kappa shape index (κ3) is 3.81. The maximum atomic E-state index is 11.1. The van der Waals surface area contributed by atoms with Crippen LogP contribution in [0.5, 0.6) is 0 Å². The lowest BCUT2D eigenvalue weighted by Gasteiger charge is -2.06. The van der Waals surface area contributed by atoms with Crippen LogP contribution in [0.2, 0.25) is 0 Å². The Hall–Kier alpha value is -2.66. The van der Waals surface area contributed by atoms with Crippen molar-refractivity contribution in [2.75, 3.05) is 10.6 Å². The predicted molar refractivity (Wildman–Crippen MR) is 101 cm³/mol. The molecule has 0 saturated carbocycles. The van der Waals surface area contributed by atoms with Crippen molar-refractivity contribution < 1.29 is 4.79 Å². The summed E-state index contributed by atoms with van der Waals surface area (Å²) < 4.78 is 0. The Kier molecular flexibility index (Phi) is 4.62. The molecule has 0 unspecified atom stereocenters. The van der Waals surface area contributed by atoms with Crippen LogP contribution in [-0.4, -0.2) is 10.9 Å². The van der Waals surface area contributed by atoms with Gasteiger partial charge in [0.05, 0.1) is 5.69 Å². The van der Waals surface area contributed by atoms with Crippen molar-refractivity contribution in [2.45, 2.75) is 20.8 Å². The summed E-state index contributed by atoms with van der Waals surface area (Å²) in [5.74, 6) is -0.0729. The van der Waals surface area contributed by atoms with E-state index in [-0.39, 0.29) is 5.91 Å². The van der Waals surface area contributed by atoms with Gasteiger partial charge in [0.25, 0.3) is 0 Å². The Bertz CT molecular complexity index is 869. The van der Waals surface area contributed by atoms with Crippen molar-refractivity contribution in [1.29, 1.82) is 0 Å². The number of rotatable bonds is 4. The Morgan fingerprint density at radius 2 is 1.71 bits per heavy atom. The molecule has 122 valence electrons. The van der Waals surface area contributed by atoms with Gasteiger partial charge in [-0.3, -0.25) is 4.79 Å². The largest absolute Gasteiger partial charge is 0.332 e. The molecule has 0 aliphatic rings. The summed E-state index contributed by atoms with van der Waals surface area (Å²) in [7, 11) is 0. The molecule has 2 N–H and O–H groups in total. The van der Waals surface area contributed by atoms with Crippen LogP contribution in [-0.2, 0) is 4.79 Å². The fourth-order valence-corrected chi connectivity index (χ4v) is 3.07. The number of aryl methyl sites for hydroxylation is 2. The van der Waals surface area contributed by atoms with Crippen molar-refractivity contribution >= 4 is 33.8 Å². The maximum Gasteiger partial charge on any atom is 0.221 e. The summed E-state index contributed by atoms with van der Waals surface area (Å²) in [6, 6.07) is 14.0. The second kappa shape index (κ2) is 6.84. The lowest BCUT2D eigenvalue weighted by Crippen LogP contribution is -2.05. The number of carbonyl (C=O) groups excluding carboxylic acids is 1. The molecule has 0 bridgehead atoms. The molecule has 0 fully saturated rings. The van der Waals surface area contributed by atoms with Crippen LogP contribution in [0.1, 0.15) is 18.1 Å². The Labute approximate surface area is 145 Å². The first kappa shape index (κ1) is 16.2. The zero-order chi connectivity index (χ0) is 17.1. The number of hydrogen-bond donors (Lipinski definition) is 2. The third-order valence-electron chi connectivity index (χ3n) is 3.76. The van der Waals surface area contributed by atoms with Crippen molar-refractivity contribution in [3.63, 3.8) is 0 Å². The van der Waals surface area contributed by atoms with Gasteiger partial charge in [0.2, 0.25) is 5.91 Å². The van der Waals surface area contributed by atoms with Gasteiger partial charge in [-0.2, -0.15) is 0 Å². The zero-order valence-corrected chi connectivity index (χ0v) is 14.7. The van der Waals surface area contributed by atoms with E-state index >= 15 is 0 Å². The molecule has 5 heteroatoms. The van der Waals surface area contributed by atoms with Crippen molar-refractivity contribution in [1.82, 2.24) is 4.98 Å². The molecule has 3 aromatic rings. The predicted octanol–water partition coefficient (Wildman–Crippen LogP) is 5.13. The molecule has 1 aromatic heterocycles. The minimum Gasteiger partial charge on any atom is -0.332 e. The highest BCUT2D eigenvalue weighted by Gasteiger charge is 2.06. The monoisotopic (exact) mass is 337 g/mol. The van der Waals surface area contributed by atoms with Gasteiger partial charge in [0.1, 0.15) is 0 Å². The van der Waals surface area contributed by atoms with E-state index in [1.54, 1.807) is 11.3 Å². The molecule has 0 aliphatic heterocycles. The van der Waals surface area contributed by atoms with Gasteiger partial charge in [-0.05, 0) is 49.2 Å². The molecule has 0 spiro atoms. The lowest BCUT2D eigenvalue weighted by atomic mass is 10.1. The number of benzene rings is 2. The second-order valence-corrected chi connectivity index (χ2v) is 6.58. The van der Waals surface area contributed by atoms with Crippen LogP contribution in [0.3, 0.4) is 0 Å². The van der Waals surface area contributed by atoms with E-state index < -0.39 is 0 Å². The number of thiazole rings is 1. The second-order valence-electron chi connectivity index (χ2n) is 5.72. The number of nitrogens with one attached hydrogen (secondary N) is 2. The van der Waals surface area contributed by atoms with Crippen LogP contribution in [0.4, 0.5) is 16.5 Å². The summed E-state index contributed by atoms with van der Waals surface area (Å²) in [6.45, 7) is 5.70. The van der Waals surface area contributed by atoms with E-state index in [1.807, 2.05) is 29.6 Å². The van der Waals surface area contributed by atoms with Gasteiger partial charge < -0.3 is 10.6 Å². The average Bonchev–Trinajstić information content (AvgIpc) is 3.00. The van der Waals surface area contributed by atoms with E-state index in [4.69, 9.17) is 0 Å². The summed E-state index contributed by atoms with van der Waals surface area (Å²) in [5.41, 5.74) is 6.30. The quantitative estimate of drug-likeness (QED) is 0.694. The smallest absolute Gasteiger partial charge is 0.221 e. The van der Waals surface area contributed by atoms with Crippen molar-refractivity contribution in [3.8, 4) is 11.3 Å². The molecule has 0 saturated heterocycles. The first-order chi connectivity index (χ1) is 11.5. The molecule has 1 amide bonds. The standard InChI is InChI=1S/C19H19N3OS/c1-12-4-7-17(10-13(12)2)21-19-22-18(11-24-19)15-5-8-16(9-6-15)20-14(3)23/h4-11H,1-3H3,(H,20,23)(H,21,22). The number of nitrogens with zero attached hydrogens (tertiary/aromatic N) is 1. The number of anilines is 3. The normalized spacial score (nSPS) is 10.5. The first-order valence-electron chi connectivity index (χ1n) is 7.69. The third-order valence-corrected chi connectivity index (χ3v) is 4.52. The Morgan fingerprint density at radius 3 is 2.38 bits per heavy atom. The zero-order valence-electron chi connectivity index (χ0n) is 13.9. The van der Waals surface area contributed by atoms with Gasteiger partial charge in [0, 0.05) is 29.2 Å². The van der Waals surface area contributed by atoms with Crippen molar-refractivity contribution in [2.24, 2.45) is 0 Å². The number of aromatic nitrogens is 1. The highest BCUT2D eigenvalue weighted by atomic mass is 32.1. The fourth-order valence-electron chi connectivity index (χ4n) is 2.33. The van der Waals surface area contributed by atoms with Crippen LogP contribution < -0.4 is 10.6 Å². The lowest BCUT2D eigenvalue weighted by molar-refractivity contribution is -0.114. The van der Waals surface area contributed by atoms with Crippen molar-refractivity contribution in [3.05, 3.63) is 59.0 Å². The number of amides is 1. The molecule has 0 radical (unpaired) electrons. The summed E-state index contributed by atoms with van der Waals surface area (Å²) in [4.78, 5) is 15.7. The molecule has 2 aromatic carbocycles. The molecule has 4 nitrogen and oxygen atoms in total. The summed E-state index contributed by atoms with van der Waals surface area (Å²) in [6.07, 6.45) is 0. The van der Waals surface area contributed by atoms with Gasteiger partial charge in [-0.25, -0.2) is 4.98 Å². The van der Waals surface area contributed by atoms with Crippen LogP contribution in [0.15, 0.2) is 47.8 Å². The van der Waals surface area contributed by atoms with E-state index in [2.05, 4.69) is 47.7 Å². The maximum absolute atomic E-state index is 11.1. The molecule has 1 heterocycles. The molecular formula is C19H19N3OS. The number of carbonyl (C=O) groups is 1. The minimum absolute atomic E-state index is 0.0729. The molecule has 0 atom stereocenters. The van der Waals surface area contributed by atoms with Gasteiger partial charge in [-0.1, -0.05) is 18.2 Å². The van der Waals surface area contributed by atoms with E-state index in [0.717, 1.165) is 27.8 Å². The Balaban J connectivity index is 1.75. The Morgan fingerprint density at radius 1 is 1.00 bits per heavy atom. The van der Waals surface area contributed by atoms with Gasteiger partial charge >= 0.3 is 0 Å². The fraction of sp³-hybridized carbons (Fsp3) is 0.158. The van der Waals surface area contributed by atoms with E-state index in [1.165, 1.54) is 18.1 Å². The number of hydrogen-bond acceptors (Lipinski definition) is 4. The summed E-state index contributed by atoms with van der Waals surface area (Å²) >= 11 is 1.57. The van der Waals surface area contributed by atoms with Crippen LogP contribution in [0, 0.1) is 13.8 Å². The molecule has 0 aliphatic carbocycles. The summed E-state index contributed by atoms with van der Waals surface area (Å²) in [5, 5.41) is 9.00. The topological polar surface area (TPSA) is 54.0 Å². The molecule has 3 rings (SSSR count). The average molecular weight is 337 g/mol. The van der Waals surface area contributed by atoms with Crippen LogP contribution >= 0.6 is 11.3 Å².